The number of hydrogen-bond acceptors (Lipinski definition) is 4. The van der Waals surface area contributed by atoms with Gasteiger partial charge in [-0.1, -0.05) is 29.3 Å². The van der Waals surface area contributed by atoms with Gasteiger partial charge in [0, 0.05) is 30.3 Å². The van der Waals surface area contributed by atoms with Crippen LogP contribution >= 0.6 is 23.2 Å². The van der Waals surface area contributed by atoms with E-state index in [2.05, 4.69) is 4.98 Å². The van der Waals surface area contributed by atoms with Crippen molar-refractivity contribution in [2.45, 2.75) is 6.42 Å². The van der Waals surface area contributed by atoms with E-state index in [4.69, 9.17) is 23.2 Å². The number of halogens is 2. The van der Waals surface area contributed by atoms with E-state index in [1.165, 1.54) is 18.3 Å². The lowest BCUT2D eigenvalue weighted by Crippen LogP contribution is -2.06. The van der Waals surface area contributed by atoms with Crippen molar-refractivity contribution in [2.75, 3.05) is 0 Å². The van der Waals surface area contributed by atoms with Crippen molar-refractivity contribution in [3.05, 3.63) is 67.9 Å². The number of carbonyl (C=O) groups excluding carboxylic acids is 1. The highest BCUT2D eigenvalue weighted by Crippen LogP contribution is 2.24. The van der Waals surface area contributed by atoms with Gasteiger partial charge in [0.15, 0.2) is 5.78 Å². The first-order valence-corrected chi connectivity index (χ1v) is 6.31. The summed E-state index contributed by atoms with van der Waals surface area (Å²) in [5.41, 5.74) is 0.456. The van der Waals surface area contributed by atoms with Crippen LogP contribution in [0, 0.1) is 10.1 Å². The number of rotatable bonds is 4. The molecule has 102 valence electrons. The second-order valence-electron chi connectivity index (χ2n) is 3.97. The number of Topliss-reactive ketones (excluding diaryl/α,β-unsaturated/α-hetero) is 1. The molecule has 0 aliphatic carbocycles. The van der Waals surface area contributed by atoms with E-state index in [0.717, 1.165) is 6.07 Å². The van der Waals surface area contributed by atoms with Crippen molar-refractivity contribution in [1.29, 1.82) is 0 Å². The van der Waals surface area contributed by atoms with E-state index in [-0.39, 0.29) is 33.6 Å². The zero-order valence-electron chi connectivity index (χ0n) is 10.0. The van der Waals surface area contributed by atoms with E-state index in [1.54, 1.807) is 12.1 Å². The molecule has 2 rings (SSSR count). The molecule has 1 aromatic carbocycles. The van der Waals surface area contributed by atoms with Crippen molar-refractivity contribution in [2.24, 2.45) is 0 Å². The lowest BCUT2D eigenvalue weighted by Gasteiger charge is -2.05. The Balaban J connectivity index is 2.32. The molecular formula is C13H8Cl2N2O3. The summed E-state index contributed by atoms with van der Waals surface area (Å²) in [5, 5.41) is 11.1. The van der Waals surface area contributed by atoms with Crippen LogP contribution in [0.25, 0.3) is 0 Å². The second-order valence-corrected chi connectivity index (χ2v) is 4.74. The molecule has 0 aliphatic rings. The third kappa shape index (κ3) is 3.12. The van der Waals surface area contributed by atoms with Gasteiger partial charge in [-0.25, -0.2) is 4.98 Å². The summed E-state index contributed by atoms with van der Waals surface area (Å²) >= 11 is 11.8. The van der Waals surface area contributed by atoms with E-state index in [0.29, 0.717) is 5.56 Å². The average Bonchev–Trinajstić information content (AvgIpc) is 2.41. The average molecular weight is 311 g/mol. The first-order valence-electron chi connectivity index (χ1n) is 5.55. The molecule has 0 atom stereocenters. The standard InChI is InChI=1S/C13H8Cl2N2O3/c14-11-4-3-9(17(19)20)7-10(11)12(18)6-8-2-1-5-16-13(8)15/h1-5,7H,6H2. The van der Waals surface area contributed by atoms with E-state index in [9.17, 15) is 14.9 Å². The number of nitro groups is 1. The van der Waals surface area contributed by atoms with Crippen molar-refractivity contribution < 1.29 is 9.72 Å². The van der Waals surface area contributed by atoms with Crippen molar-refractivity contribution in [3.63, 3.8) is 0 Å². The number of benzene rings is 1. The Morgan fingerprint density at radius 3 is 2.70 bits per heavy atom. The maximum atomic E-state index is 12.2. The third-order valence-corrected chi connectivity index (χ3v) is 3.32. The molecule has 2 aromatic rings. The molecule has 1 heterocycles. The van der Waals surface area contributed by atoms with Gasteiger partial charge in [-0.15, -0.1) is 0 Å². The zero-order valence-corrected chi connectivity index (χ0v) is 11.6. The number of carbonyl (C=O) groups is 1. The lowest BCUT2D eigenvalue weighted by atomic mass is 10.0. The van der Waals surface area contributed by atoms with Crippen LogP contribution in [0.3, 0.4) is 0 Å². The fraction of sp³-hybridized carbons (Fsp3) is 0.0769. The van der Waals surface area contributed by atoms with Crippen molar-refractivity contribution >= 4 is 34.7 Å². The van der Waals surface area contributed by atoms with Gasteiger partial charge >= 0.3 is 0 Å². The van der Waals surface area contributed by atoms with Crippen LogP contribution in [0.15, 0.2) is 36.5 Å². The minimum Gasteiger partial charge on any atom is -0.294 e. The molecule has 0 bridgehead atoms. The Kier molecular flexibility index (Phi) is 4.32. The number of aromatic nitrogens is 1. The van der Waals surface area contributed by atoms with Gasteiger partial charge in [0.1, 0.15) is 5.15 Å². The number of ketones is 1. The molecule has 0 N–H and O–H groups in total. The summed E-state index contributed by atoms with van der Waals surface area (Å²) in [6, 6.07) is 7.06. The smallest absolute Gasteiger partial charge is 0.270 e. The predicted molar refractivity (Wildman–Crippen MR) is 75.4 cm³/mol. The topological polar surface area (TPSA) is 73.1 Å². The van der Waals surface area contributed by atoms with Crippen LogP contribution in [0.4, 0.5) is 5.69 Å². The highest BCUT2D eigenvalue weighted by Gasteiger charge is 2.17. The highest BCUT2D eigenvalue weighted by atomic mass is 35.5. The van der Waals surface area contributed by atoms with Crippen LogP contribution < -0.4 is 0 Å². The Hall–Kier alpha value is -1.98. The maximum Gasteiger partial charge on any atom is 0.270 e. The largest absolute Gasteiger partial charge is 0.294 e. The number of nitro benzene ring substituents is 1. The molecular weight excluding hydrogens is 303 g/mol. The summed E-state index contributed by atoms with van der Waals surface area (Å²) in [5.74, 6) is -0.353. The minimum atomic E-state index is -0.579. The number of pyridine rings is 1. The molecule has 20 heavy (non-hydrogen) atoms. The molecule has 0 fully saturated rings. The maximum absolute atomic E-state index is 12.2. The molecule has 0 radical (unpaired) electrons. The lowest BCUT2D eigenvalue weighted by molar-refractivity contribution is -0.384. The SMILES string of the molecule is O=C(Cc1cccnc1Cl)c1cc([N+](=O)[O-])ccc1Cl. The summed E-state index contributed by atoms with van der Waals surface area (Å²) in [6.07, 6.45) is 1.49. The van der Waals surface area contributed by atoms with Gasteiger partial charge in [-0.3, -0.25) is 14.9 Å². The summed E-state index contributed by atoms with van der Waals surface area (Å²) < 4.78 is 0. The molecule has 0 spiro atoms. The Bertz CT molecular complexity index is 689. The molecule has 7 heteroatoms. The first kappa shape index (κ1) is 14.4. The minimum absolute atomic E-state index is 0.0203. The Morgan fingerprint density at radius 1 is 1.30 bits per heavy atom. The van der Waals surface area contributed by atoms with Crippen LogP contribution in [0.2, 0.25) is 10.2 Å². The fourth-order valence-electron chi connectivity index (χ4n) is 1.66. The van der Waals surface area contributed by atoms with Gasteiger partial charge in [-0.05, 0) is 17.7 Å². The summed E-state index contributed by atoms with van der Waals surface area (Å²) in [6.45, 7) is 0. The monoisotopic (exact) mass is 310 g/mol. The number of nitrogens with zero attached hydrogens (tertiary/aromatic N) is 2. The van der Waals surface area contributed by atoms with Gasteiger partial charge in [0.25, 0.3) is 5.69 Å². The molecule has 1 aromatic heterocycles. The molecule has 0 aliphatic heterocycles. The molecule has 0 unspecified atom stereocenters. The van der Waals surface area contributed by atoms with Crippen molar-refractivity contribution in [1.82, 2.24) is 4.98 Å². The van der Waals surface area contributed by atoms with E-state index in [1.807, 2.05) is 0 Å². The van der Waals surface area contributed by atoms with Gasteiger partial charge in [0.2, 0.25) is 0 Å². The predicted octanol–water partition coefficient (Wildman–Crippen LogP) is 3.72. The molecule has 5 nitrogen and oxygen atoms in total. The quantitative estimate of drug-likeness (QED) is 0.373. The van der Waals surface area contributed by atoms with Crippen LogP contribution in [-0.4, -0.2) is 15.7 Å². The molecule has 0 saturated heterocycles. The molecule has 0 saturated carbocycles. The molecule has 0 amide bonds. The van der Waals surface area contributed by atoms with Crippen LogP contribution in [0.5, 0.6) is 0 Å². The Morgan fingerprint density at radius 2 is 2.05 bits per heavy atom. The normalized spacial score (nSPS) is 10.3. The third-order valence-electron chi connectivity index (χ3n) is 2.65. The van der Waals surface area contributed by atoms with Crippen LogP contribution in [0.1, 0.15) is 15.9 Å². The summed E-state index contributed by atoms with van der Waals surface area (Å²) in [7, 11) is 0. The number of non-ortho nitro benzene ring substituents is 1. The summed E-state index contributed by atoms with van der Waals surface area (Å²) in [4.78, 5) is 26.2. The van der Waals surface area contributed by atoms with Crippen molar-refractivity contribution in [3.8, 4) is 0 Å². The first-order chi connectivity index (χ1) is 9.49. The van der Waals surface area contributed by atoms with Gasteiger partial charge < -0.3 is 0 Å². The van der Waals surface area contributed by atoms with Gasteiger partial charge in [-0.2, -0.15) is 0 Å². The zero-order chi connectivity index (χ0) is 14.7. The van der Waals surface area contributed by atoms with E-state index >= 15 is 0 Å². The van der Waals surface area contributed by atoms with Gasteiger partial charge in [0.05, 0.1) is 9.95 Å². The second kappa shape index (κ2) is 5.98. The van der Waals surface area contributed by atoms with E-state index < -0.39 is 4.92 Å². The number of hydrogen-bond donors (Lipinski definition) is 0. The van der Waals surface area contributed by atoms with Crippen LogP contribution in [-0.2, 0) is 6.42 Å². The highest BCUT2D eigenvalue weighted by molar-refractivity contribution is 6.34. The Labute approximate surface area is 124 Å². The fourth-order valence-corrected chi connectivity index (χ4v) is 2.07.